The molecular formula is C24H30N4O2S. The summed E-state index contributed by atoms with van der Waals surface area (Å²) >= 11 is 1.36. The molecular weight excluding hydrogens is 408 g/mol. The first-order valence-corrected chi connectivity index (χ1v) is 11.3. The molecule has 0 saturated carbocycles. The number of anilines is 2. The Morgan fingerprint density at radius 1 is 0.935 bits per heavy atom. The number of fused-ring (bicyclic) bond motifs is 1. The Morgan fingerprint density at radius 3 is 2.13 bits per heavy atom. The first-order valence-electron chi connectivity index (χ1n) is 10.5. The number of nitrogens with one attached hydrogen (secondary N) is 2. The monoisotopic (exact) mass is 438 g/mol. The van der Waals surface area contributed by atoms with Gasteiger partial charge < -0.3 is 10.2 Å². The largest absolute Gasteiger partial charge is 0.324 e. The number of thiazole rings is 1. The zero-order chi connectivity index (χ0) is 22.9. The third kappa shape index (κ3) is 5.05. The number of carbonyl (C=O) groups excluding carboxylic acids is 2. The van der Waals surface area contributed by atoms with Gasteiger partial charge in [-0.3, -0.25) is 10.1 Å². The van der Waals surface area contributed by atoms with Crippen LogP contribution in [0.1, 0.15) is 54.7 Å². The summed E-state index contributed by atoms with van der Waals surface area (Å²) in [6.07, 6.45) is 0. The fraction of sp³-hybridized carbons (Fsp3) is 0.375. The van der Waals surface area contributed by atoms with E-state index >= 15 is 0 Å². The molecule has 1 heterocycles. The van der Waals surface area contributed by atoms with E-state index in [0.29, 0.717) is 10.7 Å². The van der Waals surface area contributed by atoms with Gasteiger partial charge in [0.2, 0.25) is 0 Å². The summed E-state index contributed by atoms with van der Waals surface area (Å²) in [5, 5.41) is 6.45. The van der Waals surface area contributed by atoms with Crippen LogP contribution < -0.4 is 10.6 Å². The van der Waals surface area contributed by atoms with Crippen molar-refractivity contribution in [3.05, 3.63) is 52.6 Å². The maximum atomic E-state index is 12.9. The molecule has 0 fully saturated rings. The van der Waals surface area contributed by atoms with Gasteiger partial charge in [-0.15, -0.1) is 0 Å². The average Bonchev–Trinajstić information content (AvgIpc) is 3.04. The molecule has 2 aromatic carbocycles. The topological polar surface area (TPSA) is 74.3 Å². The van der Waals surface area contributed by atoms with Gasteiger partial charge in [-0.25, -0.2) is 9.78 Å². The van der Waals surface area contributed by atoms with Crippen LogP contribution >= 0.6 is 11.3 Å². The first-order chi connectivity index (χ1) is 14.6. The minimum Gasteiger partial charge on any atom is -0.322 e. The summed E-state index contributed by atoms with van der Waals surface area (Å²) in [7, 11) is 0. The molecule has 0 spiro atoms. The molecule has 0 aliphatic carbocycles. The lowest BCUT2D eigenvalue weighted by atomic mass is 10.0. The molecule has 0 saturated heterocycles. The van der Waals surface area contributed by atoms with Crippen LogP contribution in [0.4, 0.5) is 15.6 Å². The van der Waals surface area contributed by atoms with E-state index in [9.17, 15) is 9.59 Å². The van der Waals surface area contributed by atoms with Crippen LogP contribution in [0.3, 0.4) is 0 Å². The number of aromatic nitrogens is 1. The summed E-state index contributed by atoms with van der Waals surface area (Å²) in [5.41, 5.74) is 5.39. The number of carbonyl (C=O) groups is 2. The third-order valence-electron chi connectivity index (χ3n) is 5.13. The van der Waals surface area contributed by atoms with Gasteiger partial charge in [0.05, 0.1) is 10.2 Å². The number of benzene rings is 2. The second-order valence-electron chi connectivity index (χ2n) is 8.45. The van der Waals surface area contributed by atoms with Gasteiger partial charge >= 0.3 is 6.03 Å². The molecule has 31 heavy (non-hydrogen) atoms. The molecule has 0 atom stereocenters. The Hall–Kier alpha value is -2.93. The van der Waals surface area contributed by atoms with Crippen LogP contribution in [0.2, 0.25) is 0 Å². The molecule has 6 nitrogen and oxygen atoms in total. The normalized spacial score (nSPS) is 11.3. The van der Waals surface area contributed by atoms with Gasteiger partial charge in [0.15, 0.2) is 5.13 Å². The van der Waals surface area contributed by atoms with E-state index in [1.54, 1.807) is 11.0 Å². The van der Waals surface area contributed by atoms with Crippen LogP contribution in [0.25, 0.3) is 10.2 Å². The maximum absolute atomic E-state index is 12.9. The van der Waals surface area contributed by atoms with Crippen LogP contribution in [0.5, 0.6) is 0 Å². The third-order valence-corrected chi connectivity index (χ3v) is 6.06. The van der Waals surface area contributed by atoms with Gasteiger partial charge in [-0.05, 0) is 77.8 Å². The smallest absolute Gasteiger partial charge is 0.322 e. The highest BCUT2D eigenvalue weighted by Gasteiger charge is 2.21. The van der Waals surface area contributed by atoms with Crippen molar-refractivity contribution >= 4 is 44.3 Å². The highest BCUT2D eigenvalue weighted by atomic mass is 32.1. The summed E-state index contributed by atoms with van der Waals surface area (Å²) in [6.45, 7) is 14.0. The van der Waals surface area contributed by atoms with Crippen molar-refractivity contribution in [1.29, 1.82) is 0 Å². The standard InChI is InChI=1S/C24H30N4O2S/c1-13(2)28(14(3)4)24(30)27-23-25-19-9-8-18(12-20(19)31-23)22(29)26-21-16(6)10-15(5)11-17(21)7/h8-14H,1-7H3,(H,26,29)(H,25,27,30). The van der Waals surface area contributed by atoms with E-state index in [4.69, 9.17) is 0 Å². The number of rotatable bonds is 5. The summed E-state index contributed by atoms with van der Waals surface area (Å²) < 4.78 is 0.848. The van der Waals surface area contributed by atoms with Gasteiger partial charge in [-0.1, -0.05) is 29.0 Å². The van der Waals surface area contributed by atoms with E-state index in [-0.39, 0.29) is 24.0 Å². The predicted octanol–water partition coefficient (Wildman–Crippen LogP) is 6.12. The highest BCUT2D eigenvalue weighted by molar-refractivity contribution is 7.22. The van der Waals surface area contributed by atoms with Crippen molar-refractivity contribution < 1.29 is 9.59 Å². The SMILES string of the molecule is Cc1cc(C)c(NC(=O)c2ccc3nc(NC(=O)N(C(C)C)C(C)C)sc3c2)c(C)c1. The van der Waals surface area contributed by atoms with Crippen molar-refractivity contribution in [2.24, 2.45) is 0 Å². The number of hydrogen-bond acceptors (Lipinski definition) is 4. The minimum absolute atomic E-state index is 0.0818. The van der Waals surface area contributed by atoms with E-state index in [2.05, 4.69) is 27.8 Å². The lowest BCUT2D eigenvalue weighted by Gasteiger charge is -2.30. The predicted molar refractivity (Wildman–Crippen MR) is 129 cm³/mol. The molecule has 7 heteroatoms. The number of aryl methyl sites for hydroxylation is 3. The van der Waals surface area contributed by atoms with Gasteiger partial charge in [0.25, 0.3) is 5.91 Å². The van der Waals surface area contributed by atoms with Gasteiger partial charge in [0.1, 0.15) is 0 Å². The molecule has 3 aromatic rings. The van der Waals surface area contributed by atoms with E-state index < -0.39 is 0 Å². The molecule has 3 rings (SSSR count). The number of urea groups is 1. The summed E-state index contributed by atoms with van der Waals surface area (Å²) in [4.78, 5) is 31.8. The molecule has 164 valence electrons. The van der Waals surface area contributed by atoms with Gasteiger partial charge in [-0.2, -0.15) is 0 Å². The lowest BCUT2D eigenvalue weighted by Crippen LogP contribution is -2.44. The van der Waals surface area contributed by atoms with Crippen molar-refractivity contribution in [3.8, 4) is 0 Å². The fourth-order valence-electron chi connectivity index (χ4n) is 3.90. The first kappa shape index (κ1) is 22.7. The fourth-order valence-corrected chi connectivity index (χ4v) is 4.80. The van der Waals surface area contributed by atoms with E-state index in [1.807, 2.05) is 60.6 Å². The molecule has 0 aliphatic heterocycles. The number of amides is 3. The van der Waals surface area contributed by atoms with Crippen molar-refractivity contribution in [3.63, 3.8) is 0 Å². The lowest BCUT2D eigenvalue weighted by molar-refractivity contribution is 0.102. The Morgan fingerprint density at radius 2 is 1.55 bits per heavy atom. The van der Waals surface area contributed by atoms with Crippen LogP contribution in [0, 0.1) is 20.8 Å². The van der Waals surface area contributed by atoms with E-state index in [0.717, 1.165) is 27.0 Å². The summed E-state index contributed by atoms with van der Waals surface area (Å²) in [5.74, 6) is -0.165. The molecule has 0 bridgehead atoms. The minimum atomic E-state index is -0.174. The van der Waals surface area contributed by atoms with Gasteiger partial charge in [0, 0.05) is 23.3 Å². The Labute approximate surface area is 187 Å². The van der Waals surface area contributed by atoms with Crippen molar-refractivity contribution in [1.82, 2.24) is 9.88 Å². The maximum Gasteiger partial charge on any atom is 0.324 e. The van der Waals surface area contributed by atoms with Crippen LogP contribution in [-0.4, -0.2) is 33.9 Å². The molecule has 0 unspecified atom stereocenters. The second-order valence-corrected chi connectivity index (χ2v) is 9.48. The quantitative estimate of drug-likeness (QED) is 0.503. The molecule has 0 aliphatic rings. The summed E-state index contributed by atoms with van der Waals surface area (Å²) in [6, 6.07) is 9.50. The molecule has 0 radical (unpaired) electrons. The zero-order valence-corrected chi connectivity index (χ0v) is 20.0. The molecule has 1 aromatic heterocycles. The van der Waals surface area contributed by atoms with E-state index in [1.165, 1.54) is 16.9 Å². The Balaban J connectivity index is 1.81. The number of hydrogen-bond donors (Lipinski definition) is 2. The zero-order valence-electron chi connectivity index (χ0n) is 19.2. The highest BCUT2D eigenvalue weighted by Crippen LogP contribution is 2.28. The Bertz CT molecular complexity index is 1100. The van der Waals surface area contributed by atoms with Crippen LogP contribution in [-0.2, 0) is 0 Å². The average molecular weight is 439 g/mol. The Kier molecular flexibility index (Phi) is 6.65. The molecule has 3 amide bonds. The van der Waals surface area contributed by atoms with Crippen molar-refractivity contribution in [2.75, 3.05) is 10.6 Å². The number of nitrogens with zero attached hydrogens (tertiary/aromatic N) is 2. The molecule has 2 N–H and O–H groups in total. The van der Waals surface area contributed by atoms with Crippen LogP contribution in [0.15, 0.2) is 30.3 Å². The second kappa shape index (κ2) is 9.06. The van der Waals surface area contributed by atoms with Crippen molar-refractivity contribution in [2.45, 2.75) is 60.5 Å².